The molecule has 0 saturated heterocycles. The summed E-state index contributed by atoms with van der Waals surface area (Å²) in [5.74, 6) is 0. The number of rotatable bonds is 6. The lowest BCUT2D eigenvalue weighted by molar-refractivity contribution is 0.402. The second kappa shape index (κ2) is 7.96. The predicted molar refractivity (Wildman–Crippen MR) is 90.6 cm³/mol. The van der Waals surface area contributed by atoms with E-state index in [0.717, 1.165) is 35.7 Å². The zero-order valence-corrected chi connectivity index (χ0v) is 13.3. The average Bonchev–Trinajstić information content (AvgIpc) is 2.49. The molecule has 1 aromatic heterocycles. The first-order valence-electron chi connectivity index (χ1n) is 7.19. The molecule has 21 heavy (non-hydrogen) atoms. The topological polar surface area (TPSA) is 16.1 Å². The maximum Gasteiger partial charge on any atom is 0.0704 e. The molecular formula is C18H21ClN2. The van der Waals surface area contributed by atoms with E-state index >= 15 is 0 Å². The number of hydrogen-bond donors (Lipinski definition) is 0. The van der Waals surface area contributed by atoms with Crippen molar-refractivity contribution in [3.05, 3.63) is 71.0 Å². The fourth-order valence-electron chi connectivity index (χ4n) is 2.18. The maximum absolute atomic E-state index is 5.98. The lowest BCUT2D eigenvalue weighted by Gasteiger charge is -2.10. The van der Waals surface area contributed by atoms with Gasteiger partial charge in [-0.15, -0.1) is 0 Å². The molecule has 0 aliphatic heterocycles. The first kappa shape index (κ1) is 15.7. The van der Waals surface area contributed by atoms with Crippen molar-refractivity contribution in [3.63, 3.8) is 0 Å². The van der Waals surface area contributed by atoms with Gasteiger partial charge in [-0.3, -0.25) is 4.98 Å². The standard InChI is InChI=1S/C18H21ClN2/c1-21(2)14-6-4-7-17(18-8-3-5-13-20-18)15-9-11-16(19)12-10-15/h3,5,7-13H,4,6,14H2,1-2H3/b17-7+. The van der Waals surface area contributed by atoms with Crippen LogP contribution in [-0.4, -0.2) is 30.5 Å². The minimum Gasteiger partial charge on any atom is -0.309 e. The van der Waals surface area contributed by atoms with Crippen LogP contribution in [0.3, 0.4) is 0 Å². The van der Waals surface area contributed by atoms with Crippen LogP contribution in [0.4, 0.5) is 0 Å². The molecule has 2 nitrogen and oxygen atoms in total. The molecule has 110 valence electrons. The van der Waals surface area contributed by atoms with Crippen molar-refractivity contribution in [1.82, 2.24) is 9.88 Å². The molecule has 0 aliphatic rings. The SMILES string of the molecule is CN(C)CCC/C=C(\c1ccc(Cl)cc1)c1ccccn1. The smallest absolute Gasteiger partial charge is 0.0704 e. The lowest BCUT2D eigenvalue weighted by Crippen LogP contribution is -2.12. The van der Waals surface area contributed by atoms with E-state index in [-0.39, 0.29) is 0 Å². The van der Waals surface area contributed by atoms with Crippen LogP contribution in [0.15, 0.2) is 54.7 Å². The van der Waals surface area contributed by atoms with Gasteiger partial charge in [0.2, 0.25) is 0 Å². The van der Waals surface area contributed by atoms with Crippen molar-refractivity contribution in [2.45, 2.75) is 12.8 Å². The third kappa shape index (κ3) is 5.00. The normalized spacial score (nSPS) is 11.9. The van der Waals surface area contributed by atoms with Crippen molar-refractivity contribution < 1.29 is 0 Å². The number of nitrogens with zero attached hydrogens (tertiary/aromatic N) is 2. The summed E-state index contributed by atoms with van der Waals surface area (Å²) in [6, 6.07) is 14.0. The molecule has 0 N–H and O–H groups in total. The number of pyridine rings is 1. The molecule has 0 aliphatic carbocycles. The van der Waals surface area contributed by atoms with Crippen molar-refractivity contribution in [1.29, 1.82) is 0 Å². The Labute approximate surface area is 132 Å². The Kier molecular flexibility index (Phi) is 5.97. The average molecular weight is 301 g/mol. The van der Waals surface area contributed by atoms with E-state index in [4.69, 9.17) is 11.6 Å². The number of halogens is 1. The van der Waals surface area contributed by atoms with E-state index in [1.54, 1.807) is 0 Å². The number of hydrogen-bond acceptors (Lipinski definition) is 2. The van der Waals surface area contributed by atoms with Gasteiger partial charge in [0, 0.05) is 16.8 Å². The Morgan fingerprint density at radius 3 is 2.52 bits per heavy atom. The Morgan fingerprint density at radius 1 is 1.14 bits per heavy atom. The summed E-state index contributed by atoms with van der Waals surface area (Å²) in [5.41, 5.74) is 3.33. The third-order valence-electron chi connectivity index (χ3n) is 3.25. The van der Waals surface area contributed by atoms with E-state index in [9.17, 15) is 0 Å². The minimum absolute atomic E-state index is 0.756. The number of unbranched alkanes of at least 4 members (excludes halogenated alkanes) is 1. The van der Waals surface area contributed by atoms with E-state index in [0.29, 0.717) is 0 Å². The van der Waals surface area contributed by atoms with E-state index in [1.165, 1.54) is 5.57 Å². The first-order valence-corrected chi connectivity index (χ1v) is 7.57. The van der Waals surface area contributed by atoms with Gasteiger partial charge in [-0.1, -0.05) is 35.9 Å². The Bertz CT molecular complexity index is 574. The molecule has 0 fully saturated rings. The van der Waals surface area contributed by atoms with Gasteiger partial charge in [0.05, 0.1) is 5.69 Å². The molecule has 0 spiro atoms. The molecule has 2 aromatic rings. The third-order valence-corrected chi connectivity index (χ3v) is 3.51. The Hall–Kier alpha value is -1.64. The Morgan fingerprint density at radius 2 is 1.90 bits per heavy atom. The number of allylic oxidation sites excluding steroid dienone is 1. The lowest BCUT2D eigenvalue weighted by atomic mass is 10.0. The largest absolute Gasteiger partial charge is 0.309 e. The zero-order chi connectivity index (χ0) is 15.1. The molecule has 3 heteroatoms. The molecule has 0 unspecified atom stereocenters. The fraction of sp³-hybridized carbons (Fsp3) is 0.278. The van der Waals surface area contributed by atoms with Gasteiger partial charge < -0.3 is 4.90 Å². The highest BCUT2D eigenvalue weighted by Gasteiger charge is 2.05. The van der Waals surface area contributed by atoms with Crippen LogP contribution < -0.4 is 0 Å². The molecule has 0 atom stereocenters. The van der Waals surface area contributed by atoms with E-state index in [1.807, 2.05) is 36.5 Å². The predicted octanol–water partition coefficient (Wildman–Crippen LogP) is 4.51. The van der Waals surface area contributed by atoms with Gasteiger partial charge in [0.15, 0.2) is 0 Å². The maximum atomic E-state index is 5.98. The zero-order valence-electron chi connectivity index (χ0n) is 12.6. The summed E-state index contributed by atoms with van der Waals surface area (Å²) in [6.45, 7) is 1.09. The highest BCUT2D eigenvalue weighted by Crippen LogP contribution is 2.24. The van der Waals surface area contributed by atoms with Gasteiger partial charge in [-0.05, 0) is 63.3 Å². The highest BCUT2D eigenvalue weighted by molar-refractivity contribution is 6.30. The van der Waals surface area contributed by atoms with Gasteiger partial charge in [0.25, 0.3) is 0 Å². The van der Waals surface area contributed by atoms with Crippen molar-refractivity contribution in [2.24, 2.45) is 0 Å². The summed E-state index contributed by atoms with van der Waals surface area (Å²) >= 11 is 5.98. The summed E-state index contributed by atoms with van der Waals surface area (Å²) in [7, 11) is 4.20. The minimum atomic E-state index is 0.756. The van der Waals surface area contributed by atoms with Crippen LogP contribution in [0.5, 0.6) is 0 Å². The quantitative estimate of drug-likeness (QED) is 0.730. The van der Waals surface area contributed by atoms with Crippen LogP contribution in [0.25, 0.3) is 5.57 Å². The number of benzene rings is 1. The molecule has 1 aromatic carbocycles. The molecule has 0 bridgehead atoms. The molecule has 1 heterocycles. The summed E-state index contributed by atoms with van der Waals surface area (Å²) in [4.78, 5) is 6.68. The fourth-order valence-corrected chi connectivity index (χ4v) is 2.30. The van der Waals surface area contributed by atoms with Crippen LogP contribution in [0, 0.1) is 0 Å². The van der Waals surface area contributed by atoms with Crippen molar-refractivity contribution in [2.75, 3.05) is 20.6 Å². The van der Waals surface area contributed by atoms with Crippen molar-refractivity contribution >= 4 is 17.2 Å². The van der Waals surface area contributed by atoms with Crippen LogP contribution in [0.1, 0.15) is 24.1 Å². The highest BCUT2D eigenvalue weighted by atomic mass is 35.5. The second-order valence-corrected chi connectivity index (χ2v) is 5.72. The first-order chi connectivity index (χ1) is 10.2. The molecular weight excluding hydrogens is 280 g/mol. The van der Waals surface area contributed by atoms with Crippen LogP contribution in [0.2, 0.25) is 5.02 Å². The van der Waals surface area contributed by atoms with E-state index in [2.05, 4.69) is 42.2 Å². The number of aromatic nitrogens is 1. The van der Waals surface area contributed by atoms with Gasteiger partial charge in [-0.25, -0.2) is 0 Å². The van der Waals surface area contributed by atoms with Crippen molar-refractivity contribution in [3.8, 4) is 0 Å². The molecule has 0 amide bonds. The summed E-state index contributed by atoms with van der Waals surface area (Å²) in [6.07, 6.45) is 6.28. The van der Waals surface area contributed by atoms with Gasteiger partial charge >= 0.3 is 0 Å². The molecule has 2 rings (SSSR count). The Balaban J connectivity index is 2.22. The summed E-state index contributed by atoms with van der Waals surface area (Å²) < 4.78 is 0. The monoisotopic (exact) mass is 300 g/mol. The summed E-state index contributed by atoms with van der Waals surface area (Å²) in [5, 5.41) is 0.756. The molecule has 0 radical (unpaired) electrons. The van der Waals surface area contributed by atoms with Gasteiger partial charge in [-0.2, -0.15) is 0 Å². The van der Waals surface area contributed by atoms with Crippen LogP contribution in [-0.2, 0) is 0 Å². The molecule has 0 saturated carbocycles. The van der Waals surface area contributed by atoms with Gasteiger partial charge in [0.1, 0.15) is 0 Å². The van der Waals surface area contributed by atoms with E-state index < -0.39 is 0 Å². The van der Waals surface area contributed by atoms with Crippen LogP contribution >= 0.6 is 11.6 Å². The second-order valence-electron chi connectivity index (χ2n) is 5.29.